The van der Waals surface area contributed by atoms with E-state index in [1.807, 2.05) is 20.8 Å². The van der Waals surface area contributed by atoms with Crippen LogP contribution in [0.5, 0.6) is 6.01 Å². The summed E-state index contributed by atoms with van der Waals surface area (Å²) in [4.78, 5) is 31.1. The number of carbonyl (C=O) groups is 1. The van der Waals surface area contributed by atoms with Crippen molar-refractivity contribution in [3.05, 3.63) is 41.6 Å². The van der Waals surface area contributed by atoms with Crippen LogP contribution in [0.15, 0.2) is 30.7 Å². The minimum atomic E-state index is -0.531. The molecule has 0 radical (unpaired) electrons. The molecule has 1 saturated heterocycles. The molecule has 9 nitrogen and oxygen atoms in total. The predicted molar refractivity (Wildman–Crippen MR) is 121 cm³/mol. The Labute approximate surface area is 195 Å². The third-order valence-electron chi connectivity index (χ3n) is 4.90. The van der Waals surface area contributed by atoms with Crippen LogP contribution in [0, 0.1) is 5.82 Å². The Hall–Kier alpha value is -3.27. The summed E-state index contributed by atoms with van der Waals surface area (Å²) in [7, 11) is 0. The van der Waals surface area contributed by atoms with Crippen molar-refractivity contribution in [3.63, 3.8) is 0 Å². The van der Waals surface area contributed by atoms with Crippen molar-refractivity contribution in [2.75, 3.05) is 18.4 Å². The van der Waals surface area contributed by atoms with Gasteiger partial charge in [0.05, 0.1) is 11.2 Å². The van der Waals surface area contributed by atoms with E-state index < -0.39 is 11.4 Å². The zero-order valence-electron chi connectivity index (χ0n) is 18.5. The summed E-state index contributed by atoms with van der Waals surface area (Å²) in [6, 6.07) is 4.46. The maximum atomic E-state index is 13.5. The third-order valence-corrected chi connectivity index (χ3v) is 5.19. The fourth-order valence-electron chi connectivity index (χ4n) is 3.33. The number of halogens is 2. The standard InChI is InChI=1S/C22H24ClFN6O3/c1-22(2,3)33-21(31)30-8-6-14(7-9-30)32-20-25-11-17-18(29-20)19(27-12-26-17)28-13-4-5-16(24)15(23)10-13/h4-5,10-12,14H,6-9H2,1-3H3,(H,26,27,28). The number of benzene rings is 1. The molecular formula is C22H24ClFN6O3. The van der Waals surface area contributed by atoms with Gasteiger partial charge in [-0.1, -0.05) is 11.6 Å². The highest BCUT2D eigenvalue weighted by molar-refractivity contribution is 6.31. The number of likely N-dealkylation sites (tertiary alicyclic amines) is 1. The number of fused-ring (bicyclic) bond motifs is 1. The summed E-state index contributed by atoms with van der Waals surface area (Å²) in [5.41, 5.74) is 0.995. The van der Waals surface area contributed by atoms with Gasteiger partial charge in [0.15, 0.2) is 5.82 Å². The number of nitrogens with zero attached hydrogens (tertiary/aromatic N) is 5. The van der Waals surface area contributed by atoms with Gasteiger partial charge in [-0.15, -0.1) is 0 Å². The van der Waals surface area contributed by atoms with Crippen molar-refractivity contribution >= 4 is 40.2 Å². The molecule has 1 aromatic carbocycles. The van der Waals surface area contributed by atoms with Crippen LogP contribution < -0.4 is 10.1 Å². The Bertz CT molecular complexity index is 1160. The summed E-state index contributed by atoms with van der Waals surface area (Å²) in [5, 5.41) is 3.07. The van der Waals surface area contributed by atoms with Crippen molar-refractivity contribution in [1.29, 1.82) is 0 Å². The Morgan fingerprint density at radius 3 is 2.67 bits per heavy atom. The molecule has 1 fully saturated rings. The lowest BCUT2D eigenvalue weighted by molar-refractivity contribution is 0.0119. The number of hydrogen-bond acceptors (Lipinski definition) is 8. The van der Waals surface area contributed by atoms with E-state index in [9.17, 15) is 9.18 Å². The average molecular weight is 475 g/mol. The molecule has 33 heavy (non-hydrogen) atoms. The molecule has 0 unspecified atom stereocenters. The van der Waals surface area contributed by atoms with Gasteiger partial charge >= 0.3 is 12.1 Å². The highest BCUT2D eigenvalue weighted by Crippen LogP contribution is 2.26. The van der Waals surface area contributed by atoms with Crippen molar-refractivity contribution in [2.45, 2.75) is 45.3 Å². The first-order valence-corrected chi connectivity index (χ1v) is 10.9. The van der Waals surface area contributed by atoms with Crippen LogP contribution in [0.2, 0.25) is 5.02 Å². The number of rotatable bonds is 4. The molecule has 1 amide bonds. The van der Waals surface area contributed by atoms with Crippen molar-refractivity contribution in [2.24, 2.45) is 0 Å². The van der Waals surface area contributed by atoms with Crippen LogP contribution in [0.1, 0.15) is 33.6 Å². The quantitative estimate of drug-likeness (QED) is 0.578. The molecule has 0 saturated carbocycles. The first-order chi connectivity index (χ1) is 15.7. The summed E-state index contributed by atoms with van der Waals surface area (Å²) < 4.78 is 24.9. The van der Waals surface area contributed by atoms with Crippen LogP contribution in [0.25, 0.3) is 11.0 Å². The molecule has 1 aliphatic rings. The zero-order valence-corrected chi connectivity index (χ0v) is 19.3. The first-order valence-electron chi connectivity index (χ1n) is 10.5. The van der Waals surface area contributed by atoms with Gasteiger partial charge in [0.1, 0.15) is 34.9 Å². The minimum Gasteiger partial charge on any atom is -0.460 e. The molecule has 1 aliphatic heterocycles. The number of aromatic nitrogens is 4. The Morgan fingerprint density at radius 1 is 1.21 bits per heavy atom. The smallest absolute Gasteiger partial charge is 0.410 e. The molecule has 3 aromatic rings. The van der Waals surface area contributed by atoms with Crippen LogP contribution in [-0.4, -0.2) is 55.7 Å². The number of hydrogen-bond donors (Lipinski definition) is 1. The molecule has 4 rings (SSSR count). The maximum Gasteiger partial charge on any atom is 0.410 e. The SMILES string of the molecule is CC(C)(C)OC(=O)N1CCC(Oc2ncc3ncnc(Nc4ccc(F)c(Cl)c4)c3n2)CC1. The topological polar surface area (TPSA) is 102 Å². The van der Waals surface area contributed by atoms with E-state index in [1.165, 1.54) is 18.5 Å². The highest BCUT2D eigenvalue weighted by Gasteiger charge is 2.28. The van der Waals surface area contributed by atoms with Gasteiger partial charge < -0.3 is 19.7 Å². The number of nitrogens with one attached hydrogen (secondary N) is 1. The van der Waals surface area contributed by atoms with Gasteiger partial charge in [0.2, 0.25) is 0 Å². The van der Waals surface area contributed by atoms with Crippen molar-refractivity contribution < 1.29 is 18.7 Å². The summed E-state index contributed by atoms with van der Waals surface area (Å²) >= 11 is 5.87. The lowest BCUT2D eigenvalue weighted by Gasteiger charge is -2.33. The van der Waals surface area contributed by atoms with Crippen LogP contribution in [-0.2, 0) is 4.74 Å². The lowest BCUT2D eigenvalue weighted by Crippen LogP contribution is -2.44. The predicted octanol–water partition coefficient (Wildman–Crippen LogP) is 4.73. The lowest BCUT2D eigenvalue weighted by atomic mass is 10.1. The zero-order chi connectivity index (χ0) is 23.6. The van der Waals surface area contributed by atoms with Crippen LogP contribution in [0.4, 0.5) is 20.7 Å². The average Bonchev–Trinajstić information content (AvgIpc) is 2.76. The minimum absolute atomic E-state index is 0.00488. The summed E-state index contributed by atoms with van der Waals surface area (Å²) in [6.07, 6.45) is 3.73. The summed E-state index contributed by atoms with van der Waals surface area (Å²) in [5.74, 6) is -0.0971. The molecule has 1 N–H and O–H groups in total. The Balaban J connectivity index is 1.44. The second kappa shape index (κ2) is 9.30. The van der Waals surface area contributed by atoms with Crippen LogP contribution in [0.3, 0.4) is 0 Å². The molecule has 0 bridgehead atoms. The molecular weight excluding hydrogens is 451 g/mol. The van der Waals surface area contributed by atoms with E-state index in [4.69, 9.17) is 21.1 Å². The number of piperidine rings is 1. The second-order valence-electron chi connectivity index (χ2n) is 8.65. The molecule has 0 spiro atoms. The van der Waals surface area contributed by atoms with E-state index in [0.29, 0.717) is 48.5 Å². The second-order valence-corrected chi connectivity index (χ2v) is 9.05. The van der Waals surface area contributed by atoms with Gasteiger partial charge in [-0.25, -0.2) is 24.1 Å². The molecule has 0 aliphatic carbocycles. The molecule has 174 valence electrons. The van der Waals surface area contributed by atoms with Crippen LogP contribution >= 0.6 is 11.6 Å². The van der Waals surface area contributed by atoms with E-state index in [2.05, 4.69) is 25.3 Å². The molecule has 0 atom stereocenters. The van der Waals surface area contributed by atoms with Gasteiger partial charge in [-0.05, 0) is 39.0 Å². The number of carbonyl (C=O) groups excluding carboxylic acids is 1. The van der Waals surface area contributed by atoms with Gasteiger partial charge in [0.25, 0.3) is 0 Å². The van der Waals surface area contributed by atoms with E-state index >= 15 is 0 Å². The number of anilines is 2. The largest absolute Gasteiger partial charge is 0.460 e. The molecule has 3 heterocycles. The number of amides is 1. The third kappa shape index (κ3) is 5.75. The van der Waals surface area contributed by atoms with Gasteiger partial charge in [-0.3, -0.25) is 0 Å². The molecule has 11 heteroatoms. The van der Waals surface area contributed by atoms with Gasteiger partial charge in [0, 0.05) is 31.6 Å². The maximum absolute atomic E-state index is 13.5. The Morgan fingerprint density at radius 2 is 1.97 bits per heavy atom. The van der Waals surface area contributed by atoms with Crippen molar-refractivity contribution in [1.82, 2.24) is 24.8 Å². The fourth-order valence-corrected chi connectivity index (χ4v) is 3.51. The van der Waals surface area contributed by atoms with Gasteiger partial charge in [-0.2, -0.15) is 4.98 Å². The van der Waals surface area contributed by atoms with E-state index in [1.54, 1.807) is 17.2 Å². The molecule has 2 aromatic heterocycles. The fraction of sp³-hybridized carbons (Fsp3) is 0.409. The Kier molecular flexibility index (Phi) is 6.46. The normalized spacial score (nSPS) is 14.9. The number of ether oxygens (including phenoxy) is 2. The van der Waals surface area contributed by atoms with E-state index in [0.717, 1.165) is 0 Å². The first kappa shape index (κ1) is 22.9. The monoisotopic (exact) mass is 474 g/mol. The van der Waals surface area contributed by atoms with E-state index in [-0.39, 0.29) is 23.2 Å². The highest BCUT2D eigenvalue weighted by atomic mass is 35.5. The summed E-state index contributed by atoms with van der Waals surface area (Å²) in [6.45, 7) is 6.57. The van der Waals surface area contributed by atoms with Crippen molar-refractivity contribution in [3.8, 4) is 6.01 Å².